The van der Waals surface area contributed by atoms with Crippen molar-refractivity contribution in [2.45, 2.75) is 25.5 Å². The van der Waals surface area contributed by atoms with Gasteiger partial charge in [-0.05, 0) is 25.0 Å². The molecule has 2 heterocycles. The zero-order valence-electron chi connectivity index (χ0n) is 11.0. The molecule has 1 saturated carbocycles. The number of rotatable bonds is 3. The number of hydrogen-bond donors (Lipinski definition) is 0. The molecule has 0 bridgehead atoms. The maximum absolute atomic E-state index is 6.07. The molecule has 1 aromatic heterocycles. The molecule has 2 aliphatic rings. The molecule has 0 spiro atoms. The zero-order chi connectivity index (χ0) is 13.4. The molecule has 1 aromatic carbocycles. The van der Waals surface area contributed by atoms with Gasteiger partial charge in [-0.15, -0.1) is 0 Å². The Hall–Kier alpha value is -2.23. The highest BCUT2D eigenvalue weighted by Gasteiger charge is 2.38. The van der Waals surface area contributed by atoms with Gasteiger partial charge in [0.15, 0.2) is 24.1 Å². The van der Waals surface area contributed by atoms with Gasteiger partial charge >= 0.3 is 0 Å². The number of ether oxygens (including phenoxy) is 1. The Balaban J connectivity index is 1.68. The van der Waals surface area contributed by atoms with Crippen LogP contribution in [-0.2, 0) is 4.74 Å². The molecule has 2 aromatic rings. The van der Waals surface area contributed by atoms with Crippen LogP contribution in [-0.4, -0.2) is 11.2 Å². The average molecular weight is 267 g/mol. The second kappa shape index (κ2) is 4.71. The first kappa shape index (κ1) is 11.6. The van der Waals surface area contributed by atoms with Crippen LogP contribution in [0.15, 0.2) is 47.3 Å². The fraction of sp³-hybridized carbons (Fsp3) is 0.312. The van der Waals surface area contributed by atoms with E-state index in [0.717, 1.165) is 5.69 Å². The summed E-state index contributed by atoms with van der Waals surface area (Å²) in [6.45, 7) is 0. The molecule has 1 radical (unpaired) electrons. The minimum atomic E-state index is 0.0197. The van der Waals surface area contributed by atoms with Gasteiger partial charge in [0.25, 0.3) is 0 Å². The van der Waals surface area contributed by atoms with Crippen LogP contribution in [0.2, 0.25) is 0 Å². The van der Waals surface area contributed by atoms with E-state index < -0.39 is 0 Å². The molecule has 1 aliphatic carbocycles. The third-order valence-corrected chi connectivity index (χ3v) is 3.96. The van der Waals surface area contributed by atoms with Crippen LogP contribution >= 0.6 is 0 Å². The Labute approximate surface area is 117 Å². The molecule has 4 nitrogen and oxygen atoms in total. The lowest BCUT2D eigenvalue weighted by Crippen LogP contribution is -2.38. The third-order valence-electron chi connectivity index (χ3n) is 3.96. The number of anilines is 1. The highest BCUT2D eigenvalue weighted by molar-refractivity contribution is 5.62. The molecule has 1 aliphatic heterocycles. The molecule has 20 heavy (non-hydrogen) atoms. The number of nitrogens with zero attached hydrogens (tertiary/aromatic N) is 2. The molecule has 1 unspecified atom stereocenters. The number of oxazole rings is 1. The van der Waals surface area contributed by atoms with Crippen LogP contribution in [0.25, 0.3) is 5.76 Å². The second-order valence-corrected chi connectivity index (χ2v) is 5.21. The summed E-state index contributed by atoms with van der Waals surface area (Å²) < 4.78 is 11.4. The first-order valence-corrected chi connectivity index (χ1v) is 6.95. The molecular weight excluding hydrogens is 252 g/mol. The maximum Gasteiger partial charge on any atom is 0.192 e. The van der Waals surface area contributed by atoms with Crippen molar-refractivity contribution in [2.24, 2.45) is 5.92 Å². The van der Waals surface area contributed by atoms with Gasteiger partial charge in [0.2, 0.25) is 0 Å². The summed E-state index contributed by atoms with van der Waals surface area (Å²) in [5.41, 5.74) is 1.10. The summed E-state index contributed by atoms with van der Waals surface area (Å²) in [7, 11) is 0. The molecular formula is C16H15N2O2. The van der Waals surface area contributed by atoms with Crippen molar-refractivity contribution < 1.29 is 9.15 Å². The first-order chi connectivity index (χ1) is 9.92. The third kappa shape index (κ3) is 1.88. The van der Waals surface area contributed by atoms with E-state index in [2.05, 4.69) is 28.2 Å². The van der Waals surface area contributed by atoms with Crippen molar-refractivity contribution in [3.8, 4) is 0 Å². The molecule has 1 atom stereocenters. The van der Waals surface area contributed by atoms with Crippen molar-refractivity contribution in [3.05, 3.63) is 54.9 Å². The van der Waals surface area contributed by atoms with Crippen molar-refractivity contribution in [1.82, 2.24) is 4.98 Å². The van der Waals surface area contributed by atoms with E-state index in [-0.39, 0.29) is 6.23 Å². The molecule has 0 saturated heterocycles. The Bertz CT molecular complexity index is 603. The molecule has 1 fully saturated rings. The van der Waals surface area contributed by atoms with Gasteiger partial charge in [-0.3, -0.25) is 4.90 Å². The molecule has 101 valence electrons. The Kier molecular flexibility index (Phi) is 2.73. The van der Waals surface area contributed by atoms with Crippen molar-refractivity contribution in [2.75, 3.05) is 4.90 Å². The zero-order valence-corrected chi connectivity index (χ0v) is 11.0. The largest absolute Gasteiger partial charge is 0.464 e. The van der Waals surface area contributed by atoms with E-state index in [1.54, 1.807) is 6.20 Å². The Morgan fingerprint density at radius 1 is 1.20 bits per heavy atom. The Morgan fingerprint density at radius 2 is 2.05 bits per heavy atom. The smallest absolute Gasteiger partial charge is 0.192 e. The van der Waals surface area contributed by atoms with E-state index in [1.165, 1.54) is 25.7 Å². The predicted octanol–water partition coefficient (Wildman–Crippen LogP) is 3.44. The minimum Gasteiger partial charge on any atom is -0.464 e. The highest BCUT2D eigenvalue weighted by atomic mass is 16.5. The lowest BCUT2D eigenvalue weighted by Gasteiger charge is -2.35. The predicted molar refractivity (Wildman–Crippen MR) is 74.3 cm³/mol. The summed E-state index contributed by atoms with van der Waals surface area (Å²) in [5.74, 6) is 1.83. The summed E-state index contributed by atoms with van der Waals surface area (Å²) in [6, 6.07) is 10.2. The summed E-state index contributed by atoms with van der Waals surface area (Å²) >= 11 is 0. The van der Waals surface area contributed by atoms with Crippen LogP contribution < -0.4 is 4.90 Å². The van der Waals surface area contributed by atoms with Crippen molar-refractivity contribution >= 4 is 11.4 Å². The lowest BCUT2D eigenvalue weighted by molar-refractivity contribution is 0.0767. The van der Waals surface area contributed by atoms with Gasteiger partial charge in [0.1, 0.15) is 6.20 Å². The van der Waals surface area contributed by atoms with E-state index in [9.17, 15) is 0 Å². The Morgan fingerprint density at radius 3 is 2.70 bits per heavy atom. The van der Waals surface area contributed by atoms with E-state index in [0.29, 0.717) is 17.4 Å². The van der Waals surface area contributed by atoms with Gasteiger partial charge in [0, 0.05) is 11.6 Å². The topological polar surface area (TPSA) is 38.5 Å². The number of hydrogen-bond acceptors (Lipinski definition) is 4. The van der Waals surface area contributed by atoms with Gasteiger partial charge in [-0.1, -0.05) is 24.6 Å². The quantitative estimate of drug-likeness (QED) is 0.854. The van der Waals surface area contributed by atoms with Gasteiger partial charge in [-0.25, -0.2) is 4.98 Å². The standard InChI is InChI=1S/C16H15N2O2/c1-2-7-13(8-3-1)18-10-15(14-9-17-11-19-14)20-16(18)12-5-4-6-12/h1-3,7-9,11-12,16H,4-6H2. The minimum absolute atomic E-state index is 0.0197. The van der Waals surface area contributed by atoms with Gasteiger partial charge in [0.05, 0.1) is 6.20 Å². The second-order valence-electron chi connectivity index (χ2n) is 5.21. The maximum atomic E-state index is 6.07. The fourth-order valence-corrected chi connectivity index (χ4v) is 2.65. The first-order valence-electron chi connectivity index (χ1n) is 6.95. The summed E-state index contributed by atoms with van der Waals surface area (Å²) in [6.07, 6.45) is 10.1. The number of aromatic nitrogens is 1. The van der Waals surface area contributed by atoms with Gasteiger partial charge in [-0.2, -0.15) is 0 Å². The SMILES string of the molecule is [C]1=C(c2cnco2)OC(C2CCC2)N1c1ccccc1. The van der Waals surface area contributed by atoms with Crippen LogP contribution in [0.3, 0.4) is 0 Å². The molecule has 0 amide bonds. The summed E-state index contributed by atoms with van der Waals surface area (Å²) in [4.78, 5) is 6.03. The number of para-hydroxylation sites is 1. The highest BCUT2D eigenvalue weighted by Crippen LogP contribution is 2.40. The van der Waals surface area contributed by atoms with Crippen LogP contribution in [0, 0.1) is 12.1 Å². The van der Waals surface area contributed by atoms with Crippen LogP contribution in [0.1, 0.15) is 25.0 Å². The number of benzene rings is 1. The molecule has 0 N–H and O–H groups in total. The average Bonchev–Trinajstić information content (AvgIpc) is 3.06. The van der Waals surface area contributed by atoms with E-state index in [1.807, 2.05) is 18.2 Å². The van der Waals surface area contributed by atoms with Crippen LogP contribution in [0.5, 0.6) is 0 Å². The lowest BCUT2D eigenvalue weighted by atomic mass is 9.83. The molecule has 4 heteroatoms. The van der Waals surface area contributed by atoms with Crippen molar-refractivity contribution in [3.63, 3.8) is 0 Å². The molecule has 4 rings (SSSR count). The van der Waals surface area contributed by atoms with Crippen LogP contribution in [0.4, 0.5) is 5.69 Å². The van der Waals surface area contributed by atoms with Crippen molar-refractivity contribution in [1.29, 1.82) is 0 Å². The van der Waals surface area contributed by atoms with E-state index in [4.69, 9.17) is 9.15 Å². The summed E-state index contributed by atoms with van der Waals surface area (Å²) in [5, 5.41) is 0. The normalized spacial score (nSPS) is 22.3. The van der Waals surface area contributed by atoms with E-state index >= 15 is 0 Å². The fourth-order valence-electron chi connectivity index (χ4n) is 2.65. The monoisotopic (exact) mass is 267 g/mol. The van der Waals surface area contributed by atoms with Gasteiger partial charge < -0.3 is 9.15 Å².